The number of nitrogens with zero attached hydrogens (tertiary/aromatic N) is 2. The minimum absolute atomic E-state index is 0. The molecule has 5 nitrogen and oxygen atoms in total. The number of nitrogens with one attached hydrogen (secondary N) is 2. The summed E-state index contributed by atoms with van der Waals surface area (Å²) in [6.45, 7) is 4.69. The molecule has 0 bridgehead atoms. The lowest BCUT2D eigenvalue weighted by atomic mass is 10.00. The highest BCUT2D eigenvalue weighted by Crippen LogP contribution is 2.20. The van der Waals surface area contributed by atoms with Crippen LogP contribution in [0.25, 0.3) is 0 Å². The number of amides is 1. The maximum absolute atomic E-state index is 12.5. The number of fused-ring (bicyclic) bond motifs is 1. The van der Waals surface area contributed by atoms with Gasteiger partial charge in [0.2, 0.25) is 5.91 Å². The van der Waals surface area contributed by atoms with E-state index in [1.807, 2.05) is 11.0 Å². The van der Waals surface area contributed by atoms with Crippen LogP contribution in [0.3, 0.4) is 0 Å². The summed E-state index contributed by atoms with van der Waals surface area (Å²) >= 11 is 1.76. The van der Waals surface area contributed by atoms with Crippen LogP contribution in [0.15, 0.2) is 46.8 Å². The van der Waals surface area contributed by atoms with Crippen LogP contribution in [0.4, 0.5) is 0 Å². The van der Waals surface area contributed by atoms with Crippen LogP contribution in [0.2, 0.25) is 0 Å². The predicted octanol–water partition coefficient (Wildman–Crippen LogP) is 3.22. The molecule has 0 radical (unpaired) electrons. The number of hydrogen-bond acceptors (Lipinski definition) is 3. The Morgan fingerprint density at radius 2 is 2.00 bits per heavy atom. The van der Waals surface area contributed by atoms with Crippen LogP contribution in [-0.2, 0) is 17.8 Å². The summed E-state index contributed by atoms with van der Waals surface area (Å²) in [6.07, 6.45) is 0.924. The molecular weight excluding hydrogens is 471 g/mol. The van der Waals surface area contributed by atoms with Gasteiger partial charge in [-0.05, 0) is 29.0 Å². The van der Waals surface area contributed by atoms with Gasteiger partial charge in [0.25, 0.3) is 0 Å². The lowest BCUT2D eigenvalue weighted by molar-refractivity contribution is -0.130. The molecule has 0 fully saturated rings. The van der Waals surface area contributed by atoms with Crippen LogP contribution < -0.4 is 10.6 Å². The number of guanidine groups is 1. The summed E-state index contributed by atoms with van der Waals surface area (Å²) in [5.41, 5.74) is 2.60. The van der Waals surface area contributed by atoms with Crippen molar-refractivity contribution in [1.82, 2.24) is 15.5 Å². The van der Waals surface area contributed by atoms with Gasteiger partial charge in [-0.3, -0.25) is 9.79 Å². The molecule has 2 heterocycles. The summed E-state index contributed by atoms with van der Waals surface area (Å²) in [7, 11) is 1.73. The van der Waals surface area contributed by atoms with Gasteiger partial charge in [-0.25, -0.2) is 0 Å². The molecule has 146 valence electrons. The van der Waals surface area contributed by atoms with Crippen molar-refractivity contribution >= 4 is 47.2 Å². The SMILES string of the molecule is CN=C(NCC(=O)N1CCc2ccccc2C1)NCC(C)c1cccs1.I. The van der Waals surface area contributed by atoms with Crippen LogP contribution >= 0.6 is 35.3 Å². The van der Waals surface area contributed by atoms with Gasteiger partial charge in [0.05, 0.1) is 6.54 Å². The Balaban J connectivity index is 0.00000261. The molecule has 1 aromatic heterocycles. The third kappa shape index (κ3) is 5.93. The second-order valence-electron chi connectivity index (χ2n) is 6.56. The zero-order chi connectivity index (χ0) is 18.4. The van der Waals surface area contributed by atoms with Gasteiger partial charge in [0.15, 0.2) is 5.96 Å². The minimum Gasteiger partial charge on any atom is -0.356 e. The smallest absolute Gasteiger partial charge is 0.242 e. The zero-order valence-electron chi connectivity index (χ0n) is 15.8. The predicted molar refractivity (Wildman–Crippen MR) is 123 cm³/mol. The molecule has 1 aliphatic heterocycles. The Morgan fingerprint density at radius 3 is 2.70 bits per heavy atom. The third-order valence-electron chi connectivity index (χ3n) is 4.72. The Bertz CT molecular complexity index is 763. The molecule has 7 heteroatoms. The maximum Gasteiger partial charge on any atom is 0.242 e. The molecule has 0 saturated carbocycles. The topological polar surface area (TPSA) is 56.7 Å². The molecule has 27 heavy (non-hydrogen) atoms. The van der Waals surface area contributed by atoms with E-state index in [0.717, 1.165) is 19.5 Å². The number of hydrogen-bond donors (Lipinski definition) is 2. The molecule has 3 rings (SSSR count). The van der Waals surface area contributed by atoms with Crippen LogP contribution in [0, 0.1) is 0 Å². The number of rotatable bonds is 5. The molecule has 1 atom stereocenters. The van der Waals surface area contributed by atoms with Crippen LogP contribution in [0.1, 0.15) is 28.8 Å². The number of thiophene rings is 1. The van der Waals surface area contributed by atoms with Crippen molar-refractivity contribution in [1.29, 1.82) is 0 Å². The average molecular weight is 498 g/mol. The Labute approximate surface area is 182 Å². The lowest BCUT2D eigenvalue weighted by Gasteiger charge is -2.29. The minimum atomic E-state index is 0. The van der Waals surface area contributed by atoms with Crippen molar-refractivity contribution < 1.29 is 4.79 Å². The number of benzene rings is 1. The highest BCUT2D eigenvalue weighted by atomic mass is 127. The fourth-order valence-corrected chi connectivity index (χ4v) is 3.91. The Morgan fingerprint density at radius 1 is 1.22 bits per heavy atom. The van der Waals surface area contributed by atoms with E-state index in [4.69, 9.17) is 0 Å². The zero-order valence-corrected chi connectivity index (χ0v) is 18.9. The average Bonchev–Trinajstić information content (AvgIpc) is 3.22. The van der Waals surface area contributed by atoms with Crippen LogP contribution in [0.5, 0.6) is 0 Å². The fraction of sp³-hybridized carbons (Fsp3) is 0.400. The van der Waals surface area contributed by atoms with E-state index in [0.29, 0.717) is 18.4 Å². The first-order chi connectivity index (χ1) is 12.7. The number of carbonyl (C=O) groups is 1. The van der Waals surface area contributed by atoms with Crippen molar-refractivity contribution in [3.8, 4) is 0 Å². The molecular formula is C20H27IN4OS. The lowest BCUT2D eigenvalue weighted by Crippen LogP contribution is -2.46. The summed E-state index contributed by atoms with van der Waals surface area (Å²) < 4.78 is 0. The van der Waals surface area contributed by atoms with E-state index in [1.54, 1.807) is 18.4 Å². The highest BCUT2D eigenvalue weighted by Gasteiger charge is 2.20. The molecule has 0 aliphatic carbocycles. The van der Waals surface area contributed by atoms with Gasteiger partial charge in [-0.1, -0.05) is 37.3 Å². The number of aliphatic imine (C=N–C) groups is 1. The molecule has 0 spiro atoms. The molecule has 0 saturated heterocycles. The van der Waals surface area contributed by atoms with Crippen LogP contribution in [-0.4, -0.2) is 43.4 Å². The van der Waals surface area contributed by atoms with E-state index in [2.05, 4.69) is 58.3 Å². The third-order valence-corrected chi connectivity index (χ3v) is 5.82. The first kappa shape index (κ1) is 21.7. The van der Waals surface area contributed by atoms with Crippen molar-refractivity contribution in [3.63, 3.8) is 0 Å². The fourth-order valence-electron chi connectivity index (χ4n) is 3.12. The first-order valence-corrected chi connectivity index (χ1v) is 9.88. The van der Waals surface area contributed by atoms with Gasteiger partial charge in [0, 0.05) is 37.5 Å². The van der Waals surface area contributed by atoms with Gasteiger partial charge < -0.3 is 15.5 Å². The van der Waals surface area contributed by atoms with Gasteiger partial charge in [-0.2, -0.15) is 0 Å². The van der Waals surface area contributed by atoms with Gasteiger partial charge in [0.1, 0.15) is 0 Å². The first-order valence-electron chi connectivity index (χ1n) is 9.00. The summed E-state index contributed by atoms with van der Waals surface area (Å²) in [4.78, 5) is 20.0. The van der Waals surface area contributed by atoms with Gasteiger partial charge >= 0.3 is 0 Å². The quantitative estimate of drug-likeness (QED) is 0.378. The number of carbonyl (C=O) groups excluding carboxylic acids is 1. The standard InChI is InChI=1S/C20H26N4OS.HI/c1-15(18-8-5-11-26-18)12-22-20(21-2)23-13-19(25)24-10-9-16-6-3-4-7-17(16)14-24;/h3-8,11,15H,9-10,12-14H2,1-2H3,(H2,21,22,23);1H. The van der Waals surface area contributed by atoms with E-state index in [-0.39, 0.29) is 36.4 Å². The Kier molecular flexibility index (Phi) is 8.56. The monoisotopic (exact) mass is 498 g/mol. The Hall–Kier alpha value is -1.61. The second-order valence-corrected chi connectivity index (χ2v) is 7.54. The van der Waals surface area contributed by atoms with Gasteiger partial charge in [-0.15, -0.1) is 35.3 Å². The highest BCUT2D eigenvalue weighted by molar-refractivity contribution is 14.0. The van der Waals surface area contributed by atoms with Crippen molar-refractivity contribution in [2.24, 2.45) is 4.99 Å². The molecule has 1 unspecified atom stereocenters. The normalized spacial score (nSPS) is 14.7. The molecule has 1 amide bonds. The second kappa shape index (κ2) is 10.7. The van der Waals surface area contributed by atoms with E-state index in [1.165, 1.54) is 16.0 Å². The summed E-state index contributed by atoms with van der Waals surface area (Å²) in [5.74, 6) is 1.18. The van der Waals surface area contributed by atoms with Crippen molar-refractivity contribution in [3.05, 3.63) is 57.8 Å². The van der Waals surface area contributed by atoms with E-state index < -0.39 is 0 Å². The van der Waals surface area contributed by atoms with Crippen molar-refractivity contribution in [2.45, 2.75) is 25.8 Å². The molecule has 2 aromatic rings. The molecule has 2 N–H and O–H groups in total. The largest absolute Gasteiger partial charge is 0.356 e. The number of halogens is 1. The summed E-state index contributed by atoms with van der Waals surface area (Å²) in [5, 5.41) is 8.54. The van der Waals surface area contributed by atoms with Crippen molar-refractivity contribution in [2.75, 3.05) is 26.7 Å². The molecule has 1 aromatic carbocycles. The maximum atomic E-state index is 12.5. The van der Waals surface area contributed by atoms with E-state index >= 15 is 0 Å². The van der Waals surface area contributed by atoms with E-state index in [9.17, 15) is 4.79 Å². The summed E-state index contributed by atoms with van der Waals surface area (Å²) in [6, 6.07) is 12.6. The molecule has 1 aliphatic rings.